The number of hydrogen-bond acceptors (Lipinski definition) is 1. The van der Waals surface area contributed by atoms with Gasteiger partial charge in [-0.1, -0.05) is 25.5 Å². The number of aryl methyl sites for hydroxylation is 1. The van der Waals surface area contributed by atoms with E-state index in [1.807, 2.05) is 0 Å². The van der Waals surface area contributed by atoms with Gasteiger partial charge in [0.15, 0.2) is 0 Å². The molecule has 20 heavy (non-hydrogen) atoms. The van der Waals surface area contributed by atoms with Gasteiger partial charge in [0.25, 0.3) is 0 Å². The summed E-state index contributed by atoms with van der Waals surface area (Å²) in [4.78, 5) is 0. The fourth-order valence-electron chi connectivity index (χ4n) is 2.67. The molecule has 0 spiro atoms. The molecule has 1 aliphatic rings. The fraction of sp³-hybridized carbons (Fsp3) is 0.571. The molecule has 1 saturated carbocycles. The van der Waals surface area contributed by atoms with Gasteiger partial charge < -0.3 is 17.7 Å². The summed E-state index contributed by atoms with van der Waals surface area (Å²) in [6, 6.07) is 3.76. The monoisotopic (exact) mass is 310 g/mol. The molecule has 0 aromatic heterocycles. The second kappa shape index (κ2) is 7.68. The first kappa shape index (κ1) is 18.6. The third-order valence-electron chi connectivity index (χ3n) is 3.76. The average molecular weight is 310 g/mol. The summed E-state index contributed by atoms with van der Waals surface area (Å²) in [5.41, 5.74) is 0.0109. The first-order valence-corrected chi connectivity index (χ1v) is 6.83. The molecule has 0 N–H and O–H groups in total. The first-order chi connectivity index (χ1) is 8.86. The first-order valence-electron chi connectivity index (χ1n) is 6.83. The van der Waals surface area contributed by atoms with E-state index < -0.39 is 12.4 Å². The van der Waals surface area contributed by atoms with Crippen LogP contribution in [-0.4, -0.2) is 13.1 Å². The van der Waals surface area contributed by atoms with Crippen LogP contribution in [0.25, 0.3) is 0 Å². The van der Waals surface area contributed by atoms with Gasteiger partial charge in [-0.15, -0.1) is 5.46 Å². The van der Waals surface area contributed by atoms with E-state index in [0.717, 1.165) is 25.3 Å². The van der Waals surface area contributed by atoms with E-state index in [-0.39, 0.29) is 57.5 Å². The van der Waals surface area contributed by atoms with Crippen LogP contribution in [0.4, 0.5) is 12.9 Å². The van der Waals surface area contributed by atoms with Crippen LogP contribution in [0, 0.1) is 12.8 Å². The topological polar surface area (TPSA) is 9.23 Å². The molecule has 0 heterocycles. The molecule has 6 heteroatoms. The zero-order chi connectivity index (χ0) is 14.0. The summed E-state index contributed by atoms with van der Waals surface area (Å²) >= 11 is 0. The number of hydrogen-bond donors (Lipinski definition) is 0. The predicted octanol–water partition coefficient (Wildman–Crippen LogP) is 1.01. The van der Waals surface area contributed by atoms with E-state index in [4.69, 9.17) is 4.74 Å². The molecule has 1 aliphatic carbocycles. The van der Waals surface area contributed by atoms with E-state index in [1.165, 1.54) is 18.6 Å². The van der Waals surface area contributed by atoms with Crippen molar-refractivity contribution in [2.24, 2.45) is 5.92 Å². The molecule has 1 aromatic rings. The molecule has 0 aliphatic heterocycles. The maximum atomic E-state index is 12.6. The molecular formula is C14H19BF3KO. The Balaban J connectivity index is 0.00000200. The van der Waals surface area contributed by atoms with Crippen molar-refractivity contribution in [3.05, 3.63) is 23.8 Å². The molecule has 1 fully saturated rings. The summed E-state index contributed by atoms with van der Waals surface area (Å²) in [5.74, 6) is 1.22. The van der Waals surface area contributed by atoms with E-state index in [0.29, 0.717) is 17.2 Å². The molecule has 0 radical (unpaired) electrons. The van der Waals surface area contributed by atoms with Gasteiger partial charge in [-0.05, 0) is 43.7 Å². The quantitative estimate of drug-likeness (QED) is 0.757. The van der Waals surface area contributed by atoms with Crippen molar-refractivity contribution < 1.29 is 69.1 Å². The summed E-state index contributed by atoms with van der Waals surface area (Å²) < 4.78 is 43.8. The van der Waals surface area contributed by atoms with Crippen molar-refractivity contribution in [3.8, 4) is 5.75 Å². The van der Waals surface area contributed by atoms with E-state index in [9.17, 15) is 12.9 Å². The molecule has 2 atom stereocenters. The molecular weight excluding hydrogens is 291 g/mol. The minimum absolute atomic E-state index is 0. The van der Waals surface area contributed by atoms with Crippen LogP contribution in [0.1, 0.15) is 38.2 Å². The zero-order valence-electron chi connectivity index (χ0n) is 12.3. The largest absolute Gasteiger partial charge is 1.00 e. The molecule has 2 unspecified atom stereocenters. The van der Waals surface area contributed by atoms with E-state index in [1.54, 1.807) is 6.92 Å². The van der Waals surface area contributed by atoms with Crippen molar-refractivity contribution >= 4 is 12.4 Å². The maximum Gasteiger partial charge on any atom is 1.00 e. The van der Waals surface area contributed by atoms with Gasteiger partial charge in [-0.3, -0.25) is 0 Å². The van der Waals surface area contributed by atoms with Gasteiger partial charge >= 0.3 is 58.4 Å². The van der Waals surface area contributed by atoms with Gasteiger partial charge in [-0.2, -0.15) is 0 Å². The van der Waals surface area contributed by atoms with Crippen molar-refractivity contribution in [2.75, 3.05) is 0 Å². The van der Waals surface area contributed by atoms with Gasteiger partial charge in [0.2, 0.25) is 0 Å². The second-order valence-corrected chi connectivity index (χ2v) is 5.61. The van der Waals surface area contributed by atoms with Crippen LogP contribution in [0.5, 0.6) is 5.75 Å². The van der Waals surface area contributed by atoms with Crippen LogP contribution >= 0.6 is 0 Å². The number of benzene rings is 1. The molecule has 1 nitrogen and oxygen atoms in total. The Labute approximate surface area is 161 Å². The van der Waals surface area contributed by atoms with Crippen molar-refractivity contribution in [1.29, 1.82) is 0 Å². The summed E-state index contributed by atoms with van der Waals surface area (Å²) in [6.07, 6.45) is 4.48. The third kappa shape index (κ3) is 5.05. The summed E-state index contributed by atoms with van der Waals surface area (Å²) in [6.45, 7) is -1.06. The van der Waals surface area contributed by atoms with E-state index >= 15 is 0 Å². The van der Waals surface area contributed by atoms with Gasteiger partial charge in [-0.25, -0.2) is 0 Å². The molecule has 0 bridgehead atoms. The SMILES string of the molecule is Cc1cc([B-](F)(F)F)ccc1OC1CCCC(C)C1.[K+]. The Morgan fingerprint density at radius 2 is 1.90 bits per heavy atom. The van der Waals surface area contributed by atoms with Crippen molar-refractivity contribution in [1.82, 2.24) is 0 Å². The zero-order valence-corrected chi connectivity index (χ0v) is 15.5. The Kier molecular flexibility index (Phi) is 7.12. The maximum absolute atomic E-state index is 12.6. The smallest absolute Gasteiger partial charge is 0.490 e. The number of ether oxygens (including phenoxy) is 1. The van der Waals surface area contributed by atoms with Crippen LogP contribution in [0.3, 0.4) is 0 Å². The van der Waals surface area contributed by atoms with Gasteiger partial charge in [0.05, 0.1) is 6.10 Å². The van der Waals surface area contributed by atoms with E-state index in [2.05, 4.69) is 6.92 Å². The summed E-state index contributed by atoms with van der Waals surface area (Å²) in [7, 11) is 0. The summed E-state index contributed by atoms with van der Waals surface area (Å²) in [5, 5.41) is 0. The van der Waals surface area contributed by atoms with Crippen molar-refractivity contribution in [2.45, 2.75) is 45.6 Å². The Morgan fingerprint density at radius 1 is 1.20 bits per heavy atom. The Morgan fingerprint density at radius 3 is 2.45 bits per heavy atom. The molecule has 106 valence electrons. The fourth-order valence-corrected chi connectivity index (χ4v) is 2.67. The van der Waals surface area contributed by atoms with Crippen LogP contribution in [0.2, 0.25) is 0 Å². The van der Waals surface area contributed by atoms with Gasteiger partial charge in [0, 0.05) is 0 Å². The standard InChI is InChI=1S/C14H19BF3O.K/c1-10-4-3-5-13(8-10)19-14-7-6-12(9-11(14)2)15(16,17)18;/h6-7,9-10,13H,3-5,8H2,1-2H3;/q-1;+1. The average Bonchev–Trinajstić information content (AvgIpc) is 2.30. The Bertz CT molecular complexity index is 451. The minimum atomic E-state index is -4.93. The van der Waals surface area contributed by atoms with Gasteiger partial charge in [0.1, 0.15) is 5.75 Å². The molecule has 2 rings (SSSR count). The predicted molar refractivity (Wildman–Crippen MR) is 71.9 cm³/mol. The minimum Gasteiger partial charge on any atom is -0.490 e. The third-order valence-corrected chi connectivity index (χ3v) is 3.76. The molecule has 0 saturated heterocycles. The van der Waals surface area contributed by atoms with Crippen LogP contribution in [-0.2, 0) is 0 Å². The van der Waals surface area contributed by atoms with Crippen molar-refractivity contribution in [3.63, 3.8) is 0 Å². The Hall–Kier alpha value is 0.511. The molecule has 0 amide bonds. The number of rotatable bonds is 3. The van der Waals surface area contributed by atoms with Crippen LogP contribution in [0.15, 0.2) is 18.2 Å². The van der Waals surface area contributed by atoms with Crippen LogP contribution < -0.4 is 61.6 Å². The number of halogens is 3. The normalized spacial score (nSPS) is 23.1. The molecule has 1 aromatic carbocycles. The second-order valence-electron chi connectivity index (χ2n) is 5.61.